The Morgan fingerprint density at radius 3 is 2.61 bits per heavy atom. The molecule has 1 atom stereocenters. The van der Waals surface area contributed by atoms with Crippen molar-refractivity contribution >= 4 is 16.5 Å². The first-order valence-corrected chi connectivity index (χ1v) is 7.62. The Kier molecular flexibility index (Phi) is 4.59. The molecule has 0 amide bonds. The molecule has 1 aliphatic rings. The maximum Gasteiger partial charge on any atom is 0.185 e. The molecule has 0 bridgehead atoms. The summed E-state index contributed by atoms with van der Waals surface area (Å²) < 4.78 is 0. The fourth-order valence-corrected chi connectivity index (χ4v) is 3.03. The van der Waals surface area contributed by atoms with Crippen molar-refractivity contribution in [2.75, 3.05) is 44.2 Å². The molecule has 2 heterocycles. The second-order valence-corrected chi connectivity index (χ2v) is 6.32. The molecule has 5 heteroatoms. The Morgan fingerprint density at radius 2 is 2.11 bits per heavy atom. The normalized spacial score (nSPS) is 20.9. The van der Waals surface area contributed by atoms with E-state index in [4.69, 9.17) is 5.73 Å². The Labute approximate surface area is 114 Å². The van der Waals surface area contributed by atoms with Crippen LogP contribution in [0.25, 0.3) is 0 Å². The van der Waals surface area contributed by atoms with Crippen LogP contribution in [0.1, 0.15) is 20.3 Å². The predicted molar refractivity (Wildman–Crippen MR) is 78.2 cm³/mol. The van der Waals surface area contributed by atoms with Crippen molar-refractivity contribution < 1.29 is 0 Å². The van der Waals surface area contributed by atoms with Crippen LogP contribution in [0.2, 0.25) is 0 Å². The topological polar surface area (TPSA) is 45.4 Å². The molecule has 0 radical (unpaired) electrons. The molecule has 2 N–H and O–H groups in total. The Balaban J connectivity index is 1.83. The van der Waals surface area contributed by atoms with Gasteiger partial charge >= 0.3 is 0 Å². The van der Waals surface area contributed by atoms with Crippen LogP contribution in [-0.2, 0) is 0 Å². The lowest BCUT2D eigenvalue weighted by atomic mass is 9.87. The minimum atomic E-state index is 0.267. The van der Waals surface area contributed by atoms with Crippen molar-refractivity contribution in [3.8, 4) is 0 Å². The van der Waals surface area contributed by atoms with Crippen molar-refractivity contribution in [3.63, 3.8) is 0 Å². The van der Waals surface area contributed by atoms with Gasteiger partial charge in [0.15, 0.2) is 5.13 Å². The zero-order chi connectivity index (χ0) is 13.0. The van der Waals surface area contributed by atoms with E-state index in [0.29, 0.717) is 0 Å². The van der Waals surface area contributed by atoms with Gasteiger partial charge in [-0.15, -0.1) is 11.3 Å². The van der Waals surface area contributed by atoms with Crippen molar-refractivity contribution in [2.45, 2.75) is 20.3 Å². The molecule has 1 aliphatic heterocycles. The van der Waals surface area contributed by atoms with E-state index in [0.717, 1.165) is 50.8 Å². The molecule has 1 saturated heterocycles. The van der Waals surface area contributed by atoms with E-state index in [-0.39, 0.29) is 5.41 Å². The van der Waals surface area contributed by atoms with E-state index >= 15 is 0 Å². The smallest absolute Gasteiger partial charge is 0.185 e. The lowest BCUT2D eigenvalue weighted by Crippen LogP contribution is -2.50. The van der Waals surface area contributed by atoms with Gasteiger partial charge in [0.1, 0.15) is 0 Å². The minimum absolute atomic E-state index is 0.267. The highest BCUT2D eigenvalue weighted by molar-refractivity contribution is 7.13. The maximum absolute atomic E-state index is 5.89. The SMILES string of the molecule is CCC(C)(CN)CN1CCN(c2nccs2)CC1. The first-order chi connectivity index (χ1) is 8.67. The Morgan fingerprint density at radius 1 is 1.39 bits per heavy atom. The Bertz CT molecular complexity index is 340. The van der Waals surface area contributed by atoms with Crippen molar-refractivity contribution in [2.24, 2.45) is 11.1 Å². The van der Waals surface area contributed by atoms with Gasteiger partial charge in [-0.05, 0) is 18.4 Å². The van der Waals surface area contributed by atoms with Crippen LogP contribution >= 0.6 is 11.3 Å². The number of aromatic nitrogens is 1. The van der Waals surface area contributed by atoms with Gasteiger partial charge in [-0.3, -0.25) is 4.90 Å². The number of thiazole rings is 1. The highest BCUT2D eigenvalue weighted by Crippen LogP contribution is 2.23. The number of anilines is 1. The molecular weight excluding hydrogens is 244 g/mol. The molecule has 0 saturated carbocycles. The molecule has 0 spiro atoms. The van der Waals surface area contributed by atoms with Crippen molar-refractivity contribution in [1.82, 2.24) is 9.88 Å². The molecule has 1 unspecified atom stereocenters. The minimum Gasteiger partial charge on any atom is -0.346 e. The maximum atomic E-state index is 5.89. The molecule has 2 rings (SSSR count). The second-order valence-electron chi connectivity index (χ2n) is 5.45. The van der Waals surface area contributed by atoms with Crippen molar-refractivity contribution in [3.05, 3.63) is 11.6 Å². The molecular formula is C13H24N4S. The van der Waals surface area contributed by atoms with E-state index in [1.807, 2.05) is 11.6 Å². The van der Waals surface area contributed by atoms with Gasteiger partial charge in [-0.25, -0.2) is 4.98 Å². The molecule has 18 heavy (non-hydrogen) atoms. The third kappa shape index (κ3) is 3.22. The average Bonchev–Trinajstić information content (AvgIpc) is 2.93. The third-order valence-electron chi connectivity index (χ3n) is 4.01. The summed E-state index contributed by atoms with van der Waals surface area (Å²) in [6.45, 7) is 10.8. The number of hydrogen-bond acceptors (Lipinski definition) is 5. The fourth-order valence-electron chi connectivity index (χ4n) is 2.33. The van der Waals surface area contributed by atoms with Gasteiger partial charge < -0.3 is 10.6 Å². The number of piperazine rings is 1. The summed E-state index contributed by atoms with van der Waals surface area (Å²) in [6, 6.07) is 0. The lowest BCUT2D eigenvalue weighted by Gasteiger charge is -2.39. The van der Waals surface area contributed by atoms with Crippen LogP contribution in [-0.4, -0.2) is 49.2 Å². The van der Waals surface area contributed by atoms with Gasteiger partial charge in [0.05, 0.1) is 0 Å². The highest BCUT2D eigenvalue weighted by Gasteiger charge is 2.26. The zero-order valence-electron chi connectivity index (χ0n) is 11.4. The van der Waals surface area contributed by atoms with Crippen molar-refractivity contribution in [1.29, 1.82) is 0 Å². The number of nitrogens with two attached hydrogens (primary N) is 1. The van der Waals surface area contributed by atoms with Crippen LogP contribution in [0, 0.1) is 5.41 Å². The van der Waals surface area contributed by atoms with Gasteiger partial charge in [0.25, 0.3) is 0 Å². The van der Waals surface area contributed by atoms with E-state index < -0.39 is 0 Å². The van der Waals surface area contributed by atoms with E-state index in [9.17, 15) is 0 Å². The second kappa shape index (κ2) is 5.99. The quantitative estimate of drug-likeness (QED) is 0.882. The van der Waals surface area contributed by atoms with Gasteiger partial charge in [-0.1, -0.05) is 13.8 Å². The first-order valence-electron chi connectivity index (χ1n) is 6.74. The number of hydrogen-bond donors (Lipinski definition) is 1. The van der Waals surface area contributed by atoms with Gasteiger partial charge in [0, 0.05) is 44.3 Å². The first kappa shape index (κ1) is 13.8. The standard InChI is InChI=1S/C13H24N4S/c1-3-13(2,10-14)11-16-5-7-17(8-6-16)12-15-4-9-18-12/h4,9H,3,5-8,10-11,14H2,1-2H3. The number of rotatable bonds is 5. The predicted octanol–water partition coefficient (Wildman–Crippen LogP) is 1.64. The summed E-state index contributed by atoms with van der Waals surface area (Å²) in [5.74, 6) is 0. The molecule has 0 aromatic carbocycles. The van der Waals surface area contributed by atoms with Crippen LogP contribution in [0.15, 0.2) is 11.6 Å². The molecule has 1 aromatic rings. The Hall–Kier alpha value is -0.650. The summed E-state index contributed by atoms with van der Waals surface area (Å²) in [5.41, 5.74) is 6.16. The van der Waals surface area contributed by atoms with Crippen LogP contribution < -0.4 is 10.6 Å². The molecule has 102 valence electrons. The van der Waals surface area contributed by atoms with E-state index in [1.165, 1.54) is 0 Å². The summed E-state index contributed by atoms with van der Waals surface area (Å²) in [6.07, 6.45) is 3.03. The molecule has 0 aliphatic carbocycles. The summed E-state index contributed by atoms with van der Waals surface area (Å²) >= 11 is 1.73. The monoisotopic (exact) mass is 268 g/mol. The molecule has 1 fully saturated rings. The van der Waals surface area contributed by atoms with E-state index in [1.54, 1.807) is 11.3 Å². The summed E-state index contributed by atoms with van der Waals surface area (Å²) in [4.78, 5) is 9.30. The lowest BCUT2D eigenvalue weighted by molar-refractivity contribution is 0.157. The fraction of sp³-hybridized carbons (Fsp3) is 0.769. The summed E-state index contributed by atoms with van der Waals surface area (Å²) in [7, 11) is 0. The third-order valence-corrected chi connectivity index (χ3v) is 4.85. The average molecular weight is 268 g/mol. The molecule has 4 nitrogen and oxygen atoms in total. The molecule has 1 aromatic heterocycles. The van der Waals surface area contributed by atoms with Gasteiger partial charge in [-0.2, -0.15) is 0 Å². The van der Waals surface area contributed by atoms with Crippen LogP contribution in [0.3, 0.4) is 0 Å². The highest BCUT2D eigenvalue weighted by atomic mass is 32.1. The summed E-state index contributed by atoms with van der Waals surface area (Å²) in [5, 5.41) is 3.20. The van der Waals surface area contributed by atoms with E-state index in [2.05, 4.69) is 28.6 Å². The van der Waals surface area contributed by atoms with Crippen LogP contribution in [0.4, 0.5) is 5.13 Å². The van der Waals surface area contributed by atoms with Crippen LogP contribution in [0.5, 0.6) is 0 Å². The largest absolute Gasteiger partial charge is 0.346 e. The zero-order valence-corrected chi connectivity index (χ0v) is 12.2. The number of nitrogens with zero attached hydrogens (tertiary/aromatic N) is 3. The van der Waals surface area contributed by atoms with Gasteiger partial charge in [0.2, 0.25) is 0 Å².